The minimum atomic E-state index is -0.214. The van der Waals surface area contributed by atoms with Crippen molar-refractivity contribution in [2.24, 2.45) is 0 Å². The van der Waals surface area contributed by atoms with Crippen LogP contribution in [-0.2, 0) is 10.2 Å². The summed E-state index contributed by atoms with van der Waals surface area (Å²) in [4.78, 5) is 22.8. The molecule has 3 rings (SSSR count). The molecule has 144 valence electrons. The summed E-state index contributed by atoms with van der Waals surface area (Å²) >= 11 is 5.89. The highest BCUT2D eigenvalue weighted by atomic mass is 35.5. The van der Waals surface area contributed by atoms with Crippen LogP contribution >= 0.6 is 11.6 Å². The number of carbonyl (C=O) groups excluding carboxylic acids is 1. The van der Waals surface area contributed by atoms with E-state index < -0.39 is 0 Å². The molecule has 1 amide bonds. The van der Waals surface area contributed by atoms with Gasteiger partial charge in [0.15, 0.2) is 0 Å². The number of halogens is 1. The van der Waals surface area contributed by atoms with E-state index in [0.29, 0.717) is 33.9 Å². The van der Waals surface area contributed by atoms with Crippen molar-refractivity contribution in [1.82, 2.24) is 9.97 Å². The summed E-state index contributed by atoms with van der Waals surface area (Å²) in [5.74, 6) is 2.43. The van der Waals surface area contributed by atoms with E-state index in [0.717, 1.165) is 0 Å². The minimum Gasteiger partial charge on any atom is -0.457 e. The van der Waals surface area contributed by atoms with Crippen LogP contribution < -0.4 is 9.64 Å². The number of rotatable bonds is 4. The van der Waals surface area contributed by atoms with Crippen LogP contribution in [0.3, 0.4) is 0 Å². The van der Waals surface area contributed by atoms with Gasteiger partial charge >= 0.3 is 0 Å². The smallest absolute Gasteiger partial charge is 0.229 e. The van der Waals surface area contributed by atoms with E-state index in [2.05, 4.69) is 9.97 Å². The van der Waals surface area contributed by atoms with Gasteiger partial charge in [0.25, 0.3) is 0 Å². The molecule has 5 nitrogen and oxygen atoms in total. The molecule has 1 aromatic heterocycles. The fourth-order valence-corrected chi connectivity index (χ4v) is 2.74. The van der Waals surface area contributed by atoms with Gasteiger partial charge in [0.05, 0.1) is 5.69 Å². The van der Waals surface area contributed by atoms with Crippen molar-refractivity contribution in [3.05, 3.63) is 71.6 Å². The predicted molar refractivity (Wildman–Crippen MR) is 112 cm³/mol. The lowest BCUT2D eigenvalue weighted by molar-refractivity contribution is -0.115. The summed E-state index contributed by atoms with van der Waals surface area (Å²) in [5, 5.41) is 0.652. The standard InChI is InChI=1S/C22H22ClN3O2/c1-15(27)26(20-13-14-24-21(25-20)22(2,3)4)17-7-11-19(12-8-17)28-18-9-5-16(23)6-10-18/h5-14H,1-4H3. The zero-order valence-corrected chi connectivity index (χ0v) is 17.1. The second-order valence-corrected chi connectivity index (χ2v) is 7.83. The van der Waals surface area contributed by atoms with Crippen molar-refractivity contribution in [2.45, 2.75) is 33.1 Å². The molecule has 0 aliphatic heterocycles. The maximum absolute atomic E-state index is 12.3. The Labute approximate surface area is 170 Å². The number of amides is 1. The number of ether oxygens (including phenoxy) is 1. The summed E-state index contributed by atoms with van der Waals surface area (Å²) in [6.07, 6.45) is 1.68. The van der Waals surface area contributed by atoms with Crippen molar-refractivity contribution in [3.8, 4) is 11.5 Å². The Bertz CT molecular complexity index is 964. The molecule has 1 heterocycles. The Morgan fingerprint density at radius 2 is 1.54 bits per heavy atom. The van der Waals surface area contributed by atoms with Crippen LogP contribution in [0.2, 0.25) is 5.02 Å². The first-order valence-corrected chi connectivity index (χ1v) is 9.29. The van der Waals surface area contributed by atoms with E-state index in [1.807, 2.05) is 45.0 Å². The van der Waals surface area contributed by atoms with Crippen molar-refractivity contribution in [2.75, 3.05) is 4.90 Å². The highest BCUT2D eigenvalue weighted by Gasteiger charge is 2.21. The Morgan fingerprint density at radius 1 is 0.964 bits per heavy atom. The molecular formula is C22H22ClN3O2. The molecule has 3 aromatic rings. The molecule has 0 saturated heterocycles. The van der Waals surface area contributed by atoms with Gasteiger partial charge in [0.1, 0.15) is 23.1 Å². The summed E-state index contributed by atoms with van der Waals surface area (Å²) in [7, 11) is 0. The number of anilines is 2. The van der Waals surface area contributed by atoms with Crippen molar-refractivity contribution in [1.29, 1.82) is 0 Å². The second-order valence-electron chi connectivity index (χ2n) is 7.39. The molecule has 6 heteroatoms. The Hall–Kier alpha value is -2.92. The molecule has 0 saturated carbocycles. The highest BCUT2D eigenvalue weighted by Crippen LogP contribution is 2.29. The molecule has 0 radical (unpaired) electrons. The first kappa shape index (κ1) is 19.8. The Balaban J connectivity index is 1.87. The quantitative estimate of drug-likeness (QED) is 0.551. The van der Waals surface area contributed by atoms with Gasteiger partial charge in [-0.25, -0.2) is 9.97 Å². The number of nitrogens with zero attached hydrogens (tertiary/aromatic N) is 3. The molecule has 0 spiro atoms. The fraction of sp³-hybridized carbons (Fsp3) is 0.227. The molecule has 0 atom stereocenters. The average molecular weight is 396 g/mol. The Kier molecular flexibility index (Phi) is 5.66. The lowest BCUT2D eigenvalue weighted by Crippen LogP contribution is -2.25. The largest absolute Gasteiger partial charge is 0.457 e. The van der Waals surface area contributed by atoms with E-state index in [4.69, 9.17) is 16.3 Å². The number of hydrogen-bond donors (Lipinski definition) is 0. The van der Waals surface area contributed by atoms with Gasteiger partial charge in [-0.1, -0.05) is 32.4 Å². The van der Waals surface area contributed by atoms with Crippen LogP contribution in [0.4, 0.5) is 11.5 Å². The molecule has 28 heavy (non-hydrogen) atoms. The molecule has 0 bridgehead atoms. The van der Waals surface area contributed by atoms with Gasteiger partial charge in [-0.15, -0.1) is 0 Å². The van der Waals surface area contributed by atoms with Gasteiger partial charge < -0.3 is 4.74 Å². The van der Waals surface area contributed by atoms with E-state index in [-0.39, 0.29) is 11.3 Å². The fourth-order valence-electron chi connectivity index (χ4n) is 2.61. The lowest BCUT2D eigenvalue weighted by Gasteiger charge is -2.23. The maximum atomic E-state index is 12.3. The highest BCUT2D eigenvalue weighted by molar-refractivity contribution is 6.30. The van der Waals surface area contributed by atoms with Gasteiger partial charge in [-0.05, 0) is 54.6 Å². The van der Waals surface area contributed by atoms with E-state index in [1.165, 1.54) is 6.92 Å². The normalized spacial score (nSPS) is 11.2. The number of benzene rings is 2. The molecule has 0 aliphatic carbocycles. The first-order valence-electron chi connectivity index (χ1n) is 8.92. The summed E-state index contributed by atoms with van der Waals surface area (Å²) < 4.78 is 5.81. The first-order chi connectivity index (χ1) is 13.2. The average Bonchev–Trinajstić information content (AvgIpc) is 2.64. The minimum absolute atomic E-state index is 0.134. The maximum Gasteiger partial charge on any atom is 0.229 e. The molecule has 0 aliphatic rings. The zero-order valence-electron chi connectivity index (χ0n) is 16.3. The summed E-state index contributed by atoms with van der Waals surface area (Å²) in [6, 6.07) is 16.1. The van der Waals surface area contributed by atoms with Gasteiger partial charge in [-0.2, -0.15) is 0 Å². The molecule has 0 fully saturated rings. The lowest BCUT2D eigenvalue weighted by atomic mass is 9.96. The molecule has 0 N–H and O–H groups in total. The van der Waals surface area contributed by atoms with Gasteiger partial charge in [0, 0.05) is 23.6 Å². The van der Waals surface area contributed by atoms with Crippen molar-refractivity contribution < 1.29 is 9.53 Å². The third-order valence-corrected chi connectivity index (χ3v) is 4.25. The summed E-state index contributed by atoms with van der Waals surface area (Å²) in [6.45, 7) is 7.62. The van der Waals surface area contributed by atoms with Crippen LogP contribution in [0.25, 0.3) is 0 Å². The van der Waals surface area contributed by atoms with Crippen LogP contribution in [0, 0.1) is 0 Å². The van der Waals surface area contributed by atoms with Crippen LogP contribution in [0.15, 0.2) is 60.8 Å². The van der Waals surface area contributed by atoms with Crippen molar-refractivity contribution in [3.63, 3.8) is 0 Å². The van der Waals surface area contributed by atoms with Gasteiger partial charge in [-0.3, -0.25) is 9.69 Å². The zero-order chi connectivity index (χ0) is 20.3. The second kappa shape index (κ2) is 7.98. The van der Waals surface area contributed by atoms with Crippen LogP contribution in [-0.4, -0.2) is 15.9 Å². The Morgan fingerprint density at radius 3 is 2.07 bits per heavy atom. The topological polar surface area (TPSA) is 55.3 Å². The van der Waals surface area contributed by atoms with E-state index in [1.54, 1.807) is 41.4 Å². The third-order valence-electron chi connectivity index (χ3n) is 4.00. The molecule has 0 unspecified atom stereocenters. The summed E-state index contributed by atoms with van der Waals surface area (Å²) in [5.41, 5.74) is 0.490. The molecular weight excluding hydrogens is 374 g/mol. The molecule has 2 aromatic carbocycles. The van der Waals surface area contributed by atoms with Gasteiger partial charge in [0.2, 0.25) is 5.91 Å². The van der Waals surface area contributed by atoms with Crippen LogP contribution in [0.5, 0.6) is 11.5 Å². The van der Waals surface area contributed by atoms with E-state index >= 15 is 0 Å². The van der Waals surface area contributed by atoms with Crippen molar-refractivity contribution >= 4 is 29.0 Å². The van der Waals surface area contributed by atoms with Crippen LogP contribution in [0.1, 0.15) is 33.5 Å². The predicted octanol–water partition coefficient (Wildman–Crippen LogP) is 5.90. The number of aromatic nitrogens is 2. The monoisotopic (exact) mass is 395 g/mol. The van der Waals surface area contributed by atoms with E-state index in [9.17, 15) is 4.79 Å². The SMILES string of the molecule is CC(=O)N(c1ccc(Oc2ccc(Cl)cc2)cc1)c1ccnc(C(C)(C)C)n1. The number of hydrogen-bond acceptors (Lipinski definition) is 4. The number of carbonyl (C=O) groups is 1. The third kappa shape index (κ3) is 4.67.